The highest BCUT2D eigenvalue weighted by Crippen LogP contribution is 2.22. The number of rotatable bonds is 4. The van der Waals surface area contributed by atoms with Gasteiger partial charge in [0.1, 0.15) is 11.2 Å². The molecule has 2 aromatic heterocycles. The van der Waals surface area contributed by atoms with Crippen molar-refractivity contribution in [1.82, 2.24) is 0 Å². The molecule has 0 N–H and O–H groups in total. The molecule has 2 heterocycles. The van der Waals surface area contributed by atoms with Crippen LogP contribution in [0.2, 0.25) is 0 Å². The lowest BCUT2D eigenvalue weighted by atomic mass is 10.2. The summed E-state index contributed by atoms with van der Waals surface area (Å²) in [5, 5.41) is 0. The van der Waals surface area contributed by atoms with Gasteiger partial charge in [-0.25, -0.2) is 4.79 Å². The highest BCUT2D eigenvalue weighted by Gasteiger charge is 2.08. The molecular weight excluding hydrogens is 192 g/mol. The maximum atomic E-state index is 11.1. The molecule has 0 aromatic carbocycles. The fourth-order valence-electron chi connectivity index (χ4n) is 1.42. The van der Waals surface area contributed by atoms with Crippen LogP contribution in [0.4, 0.5) is 0 Å². The fraction of sp³-hybridized carbons (Fsp3) is 0.250. The largest absolute Gasteiger partial charge is 0.462 e. The molecule has 0 amide bonds. The molecule has 3 nitrogen and oxygen atoms in total. The van der Waals surface area contributed by atoms with Gasteiger partial charge in [-0.1, -0.05) is 6.58 Å². The van der Waals surface area contributed by atoms with Crippen LogP contribution >= 0.6 is 0 Å². The number of furan rings is 2. The van der Waals surface area contributed by atoms with Crippen molar-refractivity contribution in [1.29, 1.82) is 0 Å². The molecule has 0 atom stereocenters. The van der Waals surface area contributed by atoms with Crippen LogP contribution in [-0.2, 0) is 16.0 Å². The van der Waals surface area contributed by atoms with E-state index in [-0.39, 0.29) is 5.97 Å². The summed E-state index contributed by atoms with van der Waals surface area (Å²) in [6, 6.07) is 5.80. The van der Waals surface area contributed by atoms with Gasteiger partial charge in [0.15, 0.2) is 0 Å². The van der Waals surface area contributed by atoms with Gasteiger partial charge in [0.25, 0.3) is 0 Å². The molecule has 0 saturated heterocycles. The molecule has 2 bridgehead atoms. The molecule has 0 fully saturated rings. The van der Waals surface area contributed by atoms with Crippen LogP contribution in [0.5, 0.6) is 0 Å². The molecule has 78 valence electrons. The zero-order chi connectivity index (χ0) is 10.8. The number of carbonyl (C=O) groups is 1. The lowest BCUT2D eigenvalue weighted by Crippen LogP contribution is -2.07. The summed E-state index contributed by atoms with van der Waals surface area (Å²) in [5.41, 5.74) is 3.25. The predicted molar refractivity (Wildman–Crippen MR) is 56.9 cm³/mol. The first-order valence-electron chi connectivity index (χ1n) is 4.80. The Balaban J connectivity index is 1.86. The summed E-state index contributed by atoms with van der Waals surface area (Å²) >= 11 is 0. The van der Waals surface area contributed by atoms with E-state index in [1.54, 1.807) is 6.92 Å². The summed E-state index contributed by atoms with van der Waals surface area (Å²) in [7, 11) is 0. The first-order valence-corrected chi connectivity index (χ1v) is 4.80. The van der Waals surface area contributed by atoms with E-state index >= 15 is 0 Å². The molecule has 0 radical (unpaired) electrons. The third-order valence-electron chi connectivity index (χ3n) is 2.21. The Labute approximate surface area is 87.7 Å². The van der Waals surface area contributed by atoms with Gasteiger partial charge in [-0.2, -0.15) is 0 Å². The second kappa shape index (κ2) is 3.77. The number of hydrogen-bond donors (Lipinski definition) is 0. The molecule has 2 rings (SSSR count). The van der Waals surface area contributed by atoms with Crippen LogP contribution in [0.15, 0.2) is 34.8 Å². The topological polar surface area (TPSA) is 39.4 Å². The minimum atomic E-state index is -0.340. The minimum absolute atomic E-state index is 0.340. The maximum Gasteiger partial charge on any atom is 0.333 e. The first kappa shape index (κ1) is 9.77. The van der Waals surface area contributed by atoms with Crippen LogP contribution in [-0.4, -0.2) is 12.6 Å². The van der Waals surface area contributed by atoms with Gasteiger partial charge >= 0.3 is 5.97 Å². The van der Waals surface area contributed by atoms with Crippen LogP contribution in [0.1, 0.15) is 12.5 Å². The van der Waals surface area contributed by atoms with Crippen molar-refractivity contribution in [3.8, 4) is 0 Å². The van der Waals surface area contributed by atoms with Crippen molar-refractivity contribution >= 4 is 17.1 Å². The number of ether oxygens (including phenoxy) is 1. The van der Waals surface area contributed by atoms with E-state index in [0.717, 1.165) is 16.7 Å². The molecule has 0 unspecified atom stereocenters. The number of hydrogen-bond acceptors (Lipinski definition) is 3. The van der Waals surface area contributed by atoms with E-state index < -0.39 is 0 Å². The maximum absolute atomic E-state index is 11.1. The summed E-state index contributed by atoms with van der Waals surface area (Å²) in [6.45, 7) is 5.51. The van der Waals surface area contributed by atoms with Crippen LogP contribution in [0.25, 0.3) is 11.2 Å². The van der Waals surface area contributed by atoms with Crippen LogP contribution in [0, 0.1) is 0 Å². The first-order chi connectivity index (χ1) is 7.16. The van der Waals surface area contributed by atoms with E-state index in [1.807, 2.05) is 18.2 Å². The molecule has 0 aliphatic heterocycles. The monoisotopic (exact) mass is 204 g/mol. The SMILES string of the molecule is C=C(C)C(=O)OCCc1cc2ccc1o2. The molecule has 15 heavy (non-hydrogen) atoms. The Morgan fingerprint density at radius 1 is 1.53 bits per heavy atom. The van der Waals surface area contributed by atoms with Crippen molar-refractivity contribution in [2.75, 3.05) is 6.61 Å². The van der Waals surface area contributed by atoms with Crippen molar-refractivity contribution < 1.29 is 13.9 Å². The van der Waals surface area contributed by atoms with Crippen LogP contribution < -0.4 is 0 Å². The Morgan fingerprint density at radius 2 is 2.33 bits per heavy atom. The lowest BCUT2D eigenvalue weighted by molar-refractivity contribution is -0.138. The van der Waals surface area contributed by atoms with E-state index in [9.17, 15) is 4.79 Å². The van der Waals surface area contributed by atoms with Crippen molar-refractivity contribution in [3.05, 3.63) is 35.9 Å². The summed E-state index contributed by atoms with van der Waals surface area (Å²) in [4.78, 5) is 11.1. The standard InChI is InChI=1S/C12H12O3/c1-8(2)12(13)14-6-5-9-7-10-3-4-11(9)15-10/h3-4,7H,1,5-6H2,2H3. The fourth-order valence-corrected chi connectivity index (χ4v) is 1.42. The summed E-state index contributed by atoms with van der Waals surface area (Å²) in [5.74, 6) is -0.340. The number of fused-ring (bicyclic) bond motifs is 2. The van der Waals surface area contributed by atoms with Gasteiger partial charge in [0.2, 0.25) is 0 Å². The molecule has 0 saturated carbocycles. The Morgan fingerprint density at radius 3 is 2.87 bits per heavy atom. The van der Waals surface area contributed by atoms with Crippen molar-refractivity contribution in [2.45, 2.75) is 13.3 Å². The van der Waals surface area contributed by atoms with E-state index in [0.29, 0.717) is 18.6 Å². The van der Waals surface area contributed by atoms with Gasteiger partial charge in [0, 0.05) is 17.6 Å². The normalized spacial score (nSPS) is 10.7. The minimum Gasteiger partial charge on any atom is -0.462 e. The predicted octanol–water partition coefficient (Wildman–Crippen LogP) is 2.53. The summed E-state index contributed by atoms with van der Waals surface area (Å²) in [6.07, 6.45) is 0.683. The quantitative estimate of drug-likeness (QED) is 0.567. The van der Waals surface area contributed by atoms with Gasteiger partial charge in [-0.3, -0.25) is 0 Å². The Hall–Kier alpha value is -1.77. The highest BCUT2D eigenvalue weighted by atomic mass is 16.5. The van der Waals surface area contributed by atoms with Gasteiger partial charge in [0.05, 0.1) is 6.61 Å². The smallest absolute Gasteiger partial charge is 0.333 e. The van der Waals surface area contributed by atoms with Crippen molar-refractivity contribution in [2.24, 2.45) is 0 Å². The molecule has 2 aromatic rings. The van der Waals surface area contributed by atoms with Gasteiger partial charge in [-0.15, -0.1) is 0 Å². The number of esters is 1. The third-order valence-corrected chi connectivity index (χ3v) is 2.21. The zero-order valence-electron chi connectivity index (χ0n) is 8.58. The zero-order valence-corrected chi connectivity index (χ0v) is 8.58. The summed E-state index contributed by atoms with van der Waals surface area (Å²) < 4.78 is 10.4. The van der Waals surface area contributed by atoms with Gasteiger partial charge < -0.3 is 9.15 Å². The Kier molecular flexibility index (Phi) is 2.46. The third kappa shape index (κ3) is 2.01. The number of carbonyl (C=O) groups excluding carboxylic acids is 1. The van der Waals surface area contributed by atoms with E-state index in [2.05, 4.69) is 6.58 Å². The molecular formula is C12H12O3. The highest BCUT2D eigenvalue weighted by molar-refractivity contribution is 5.86. The lowest BCUT2D eigenvalue weighted by Gasteiger charge is -2.02. The van der Waals surface area contributed by atoms with E-state index in [4.69, 9.17) is 9.15 Å². The average Bonchev–Trinajstić information content (AvgIpc) is 2.78. The van der Waals surface area contributed by atoms with E-state index in [1.165, 1.54) is 0 Å². The molecule has 0 spiro atoms. The van der Waals surface area contributed by atoms with Crippen molar-refractivity contribution in [3.63, 3.8) is 0 Å². The Bertz CT molecular complexity index is 481. The van der Waals surface area contributed by atoms with Crippen LogP contribution in [0.3, 0.4) is 0 Å². The number of benzene rings is 1. The van der Waals surface area contributed by atoms with Gasteiger partial charge in [-0.05, 0) is 25.1 Å². The average molecular weight is 204 g/mol. The molecule has 3 heteroatoms. The molecule has 0 aliphatic rings. The second-order valence-electron chi connectivity index (χ2n) is 3.54. The molecule has 0 aliphatic carbocycles. The second-order valence-corrected chi connectivity index (χ2v) is 3.54.